The van der Waals surface area contributed by atoms with Crippen molar-refractivity contribution in [2.24, 2.45) is 5.73 Å². The number of nitrogens with two attached hydrogens (primary N) is 1. The van der Waals surface area contributed by atoms with Crippen LogP contribution in [-0.2, 0) is 14.4 Å². The third kappa shape index (κ3) is 5.45. The summed E-state index contributed by atoms with van der Waals surface area (Å²) in [5.41, 5.74) is 5.33. The molecule has 0 aliphatic rings. The first kappa shape index (κ1) is 17.5. The van der Waals surface area contributed by atoms with Gasteiger partial charge in [0.05, 0.1) is 10.7 Å². The summed E-state index contributed by atoms with van der Waals surface area (Å²) in [5, 5.41) is 8.94. The van der Waals surface area contributed by atoms with Gasteiger partial charge in [0, 0.05) is 0 Å². The number of carbonyl (C=O) groups is 3. The highest BCUT2D eigenvalue weighted by atomic mass is 79.9. The van der Waals surface area contributed by atoms with Crippen molar-refractivity contribution >= 4 is 49.6 Å². The zero-order valence-corrected chi connectivity index (χ0v) is 12.9. The minimum atomic E-state index is -1.18. The molecule has 104 valence electrons. The van der Waals surface area contributed by atoms with E-state index in [0.29, 0.717) is 19.4 Å². The van der Waals surface area contributed by atoms with Gasteiger partial charge in [-0.1, -0.05) is 31.9 Å². The number of carboxylic acid groups (broad SMARTS) is 1. The van der Waals surface area contributed by atoms with E-state index in [4.69, 9.17) is 10.8 Å². The fraction of sp³-hybridized carbons (Fsp3) is 0.700. The van der Waals surface area contributed by atoms with Crippen molar-refractivity contribution in [3.8, 4) is 0 Å². The molecule has 1 unspecified atom stereocenters. The molecule has 0 fully saturated rings. The third-order valence-corrected chi connectivity index (χ3v) is 3.25. The molecule has 6 nitrogen and oxygen atoms in total. The molecule has 0 spiro atoms. The summed E-state index contributed by atoms with van der Waals surface area (Å²) in [6.07, 6.45) is 1.42. The van der Waals surface area contributed by atoms with Gasteiger partial charge in [-0.05, 0) is 25.8 Å². The maximum Gasteiger partial charge on any atom is 0.326 e. The molecule has 0 saturated carbocycles. The molecule has 0 radical (unpaired) electrons. The number of halogens is 2. The summed E-state index contributed by atoms with van der Waals surface area (Å²) in [6, 6.07) is -1.13. The third-order valence-electron chi connectivity index (χ3n) is 2.29. The average Bonchev–Trinajstić information content (AvgIpc) is 2.36. The second-order valence-corrected chi connectivity index (χ2v) is 4.68. The minimum absolute atomic E-state index is 0.0909. The molecule has 0 bridgehead atoms. The first-order chi connectivity index (χ1) is 8.49. The Balaban J connectivity index is 4.91. The molecule has 0 aliphatic heterocycles. The molecule has 0 saturated heterocycles. The standard InChI is InChI=1S/C10H16Br2N2O4/c11-5-8(15)14(9(16)6-12)7(10(17)18)3-1-2-4-13/h7H,1-6,13H2,(H,17,18). The summed E-state index contributed by atoms with van der Waals surface area (Å²) in [4.78, 5) is 35.2. The summed E-state index contributed by atoms with van der Waals surface area (Å²) in [7, 11) is 0. The second-order valence-electron chi connectivity index (χ2n) is 3.56. The van der Waals surface area contributed by atoms with Crippen LogP contribution >= 0.6 is 31.9 Å². The number of hydrogen-bond donors (Lipinski definition) is 2. The van der Waals surface area contributed by atoms with Gasteiger partial charge < -0.3 is 10.8 Å². The van der Waals surface area contributed by atoms with Crippen LogP contribution < -0.4 is 5.73 Å². The first-order valence-electron chi connectivity index (χ1n) is 5.39. The Kier molecular flexibility index (Phi) is 9.21. The van der Waals surface area contributed by atoms with Crippen LogP contribution in [0.2, 0.25) is 0 Å². The molecule has 0 rings (SSSR count). The Labute approximate surface area is 122 Å². The number of alkyl halides is 2. The van der Waals surface area contributed by atoms with Crippen LogP contribution in [-0.4, -0.2) is 51.0 Å². The molecular weight excluding hydrogens is 372 g/mol. The second kappa shape index (κ2) is 9.46. The van der Waals surface area contributed by atoms with Crippen LogP contribution in [0.1, 0.15) is 19.3 Å². The van der Waals surface area contributed by atoms with E-state index in [0.717, 1.165) is 4.90 Å². The zero-order valence-electron chi connectivity index (χ0n) is 9.77. The number of hydrogen-bond acceptors (Lipinski definition) is 4. The Morgan fingerprint density at radius 3 is 1.94 bits per heavy atom. The predicted molar refractivity (Wildman–Crippen MR) is 73.8 cm³/mol. The van der Waals surface area contributed by atoms with Crippen molar-refractivity contribution in [3.05, 3.63) is 0 Å². The van der Waals surface area contributed by atoms with Crippen molar-refractivity contribution < 1.29 is 19.5 Å². The lowest BCUT2D eigenvalue weighted by Gasteiger charge is -2.26. The number of nitrogens with zero attached hydrogens (tertiary/aromatic N) is 1. The van der Waals surface area contributed by atoms with E-state index in [1.807, 2.05) is 0 Å². The van der Waals surface area contributed by atoms with Gasteiger partial charge in [-0.2, -0.15) is 0 Å². The largest absolute Gasteiger partial charge is 0.480 e. The predicted octanol–water partition coefficient (Wildman–Crippen LogP) is 0.714. The van der Waals surface area contributed by atoms with Crippen LogP contribution in [0.25, 0.3) is 0 Å². The Morgan fingerprint density at radius 2 is 1.61 bits per heavy atom. The van der Waals surface area contributed by atoms with Gasteiger partial charge >= 0.3 is 5.97 Å². The SMILES string of the molecule is NCCCCC(C(=O)O)N(C(=O)CBr)C(=O)CBr. The van der Waals surface area contributed by atoms with Crippen molar-refractivity contribution in [1.29, 1.82) is 0 Å². The molecule has 0 aromatic heterocycles. The van der Waals surface area contributed by atoms with Gasteiger partial charge in [0.25, 0.3) is 0 Å². The molecule has 2 amide bonds. The molecule has 1 atom stereocenters. The average molecular weight is 388 g/mol. The van der Waals surface area contributed by atoms with Crippen molar-refractivity contribution in [2.45, 2.75) is 25.3 Å². The van der Waals surface area contributed by atoms with Crippen LogP contribution in [0.3, 0.4) is 0 Å². The molecule has 0 heterocycles. The van der Waals surface area contributed by atoms with Crippen molar-refractivity contribution in [1.82, 2.24) is 4.90 Å². The molecular formula is C10H16Br2N2O4. The zero-order chi connectivity index (χ0) is 14.1. The number of unbranched alkanes of at least 4 members (excludes halogenated alkanes) is 1. The lowest BCUT2D eigenvalue weighted by molar-refractivity contribution is -0.156. The lowest BCUT2D eigenvalue weighted by atomic mass is 10.1. The maximum absolute atomic E-state index is 11.6. The summed E-state index contributed by atoms with van der Waals surface area (Å²) in [6.45, 7) is 0.450. The fourth-order valence-corrected chi connectivity index (χ4v) is 2.00. The highest BCUT2D eigenvalue weighted by molar-refractivity contribution is 9.09. The topological polar surface area (TPSA) is 101 Å². The summed E-state index contributed by atoms with van der Waals surface area (Å²) in [5.74, 6) is -2.30. The van der Waals surface area contributed by atoms with Crippen LogP contribution in [0, 0.1) is 0 Å². The van der Waals surface area contributed by atoms with Gasteiger partial charge in [0.15, 0.2) is 0 Å². The van der Waals surface area contributed by atoms with E-state index in [9.17, 15) is 14.4 Å². The van der Waals surface area contributed by atoms with Crippen LogP contribution in [0.15, 0.2) is 0 Å². The van der Waals surface area contributed by atoms with E-state index < -0.39 is 23.8 Å². The fourth-order valence-electron chi connectivity index (χ4n) is 1.46. The minimum Gasteiger partial charge on any atom is -0.480 e. The van der Waals surface area contributed by atoms with E-state index in [-0.39, 0.29) is 17.1 Å². The lowest BCUT2D eigenvalue weighted by Crippen LogP contribution is -2.49. The molecule has 18 heavy (non-hydrogen) atoms. The number of rotatable bonds is 8. The monoisotopic (exact) mass is 386 g/mol. The number of carboxylic acids is 1. The van der Waals surface area contributed by atoms with Gasteiger partial charge in [0.2, 0.25) is 11.8 Å². The molecule has 0 aromatic carbocycles. The number of carbonyl (C=O) groups excluding carboxylic acids is 2. The number of aliphatic carboxylic acids is 1. The van der Waals surface area contributed by atoms with Gasteiger partial charge in [-0.3, -0.25) is 14.5 Å². The molecule has 0 aromatic rings. The highest BCUT2D eigenvalue weighted by Gasteiger charge is 2.32. The molecule has 0 aliphatic carbocycles. The van der Waals surface area contributed by atoms with E-state index in [1.54, 1.807) is 0 Å². The molecule has 8 heteroatoms. The normalized spacial score (nSPS) is 11.9. The summed E-state index contributed by atoms with van der Waals surface area (Å²) >= 11 is 5.88. The van der Waals surface area contributed by atoms with Gasteiger partial charge in [0.1, 0.15) is 6.04 Å². The van der Waals surface area contributed by atoms with Gasteiger partial charge in [-0.25, -0.2) is 4.79 Å². The number of imide groups is 1. The van der Waals surface area contributed by atoms with Crippen LogP contribution in [0.4, 0.5) is 0 Å². The quantitative estimate of drug-likeness (QED) is 0.472. The Morgan fingerprint density at radius 1 is 1.11 bits per heavy atom. The first-order valence-corrected chi connectivity index (χ1v) is 7.63. The summed E-state index contributed by atoms with van der Waals surface area (Å²) < 4.78 is 0. The van der Waals surface area contributed by atoms with E-state index >= 15 is 0 Å². The van der Waals surface area contributed by atoms with E-state index in [1.165, 1.54) is 0 Å². The van der Waals surface area contributed by atoms with E-state index in [2.05, 4.69) is 31.9 Å². The Bertz CT molecular complexity index is 296. The highest BCUT2D eigenvalue weighted by Crippen LogP contribution is 2.12. The van der Waals surface area contributed by atoms with Crippen LogP contribution in [0.5, 0.6) is 0 Å². The maximum atomic E-state index is 11.6. The van der Waals surface area contributed by atoms with Crippen molar-refractivity contribution in [2.75, 3.05) is 17.2 Å². The molecule has 3 N–H and O–H groups in total. The number of amides is 2. The smallest absolute Gasteiger partial charge is 0.326 e. The van der Waals surface area contributed by atoms with Crippen molar-refractivity contribution in [3.63, 3.8) is 0 Å². The van der Waals surface area contributed by atoms with Gasteiger partial charge in [-0.15, -0.1) is 0 Å². The Hall–Kier alpha value is -0.470.